The number of aryl methyl sites for hydroxylation is 1. The van der Waals surface area contributed by atoms with Gasteiger partial charge in [-0.15, -0.1) is 10.2 Å². The summed E-state index contributed by atoms with van der Waals surface area (Å²) < 4.78 is 5.50. The van der Waals surface area contributed by atoms with Gasteiger partial charge < -0.3 is 15.0 Å². The maximum absolute atomic E-state index is 11.8. The number of rotatable bonds is 6. The van der Waals surface area contributed by atoms with Gasteiger partial charge >= 0.3 is 5.97 Å². The molecule has 0 aliphatic heterocycles. The van der Waals surface area contributed by atoms with Crippen molar-refractivity contribution in [2.75, 3.05) is 5.75 Å². The van der Waals surface area contributed by atoms with Crippen molar-refractivity contribution in [3.05, 3.63) is 64.7 Å². The molecule has 1 aromatic heterocycles. The first kappa shape index (κ1) is 18.9. The number of aromatic nitrogens is 2. The van der Waals surface area contributed by atoms with E-state index in [1.165, 1.54) is 0 Å². The van der Waals surface area contributed by atoms with Gasteiger partial charge in [0.15, 0.2) is 5.84 Å². The molecule has 0 saturated carbocycles. The van der Waals surface area contributed by atoms with E-state index < -0.39 is 5.97 Å². The molecule has 2 aromatic carbocycles. The van der Waals surface area contributed by atoms with E-state index in [-0.39, 0.29) is 16.8 Å². The average Bonchev–Trinajstić information content (AvgIpc) is 3.14. The summed E-state index contributed by atoms with van der Waals surface area (Å²) in [5, 5.41) is 12.3. The highest BCUT2D eigenvalue weighted by molar-refractivity contribution is 7.99. The molecule has 0 aliphatic rings. The third kappa shape index (κ3) is 5.32. The SMILES string of the molecule is Cc1ccc(/C(N)=N/OC(=O)CSc2nnc(-c3ccc(Cl)cc3)o2)cc1. The van der Waals surface area contributed by atoms with Crippen LogP contribution in [0.5, 0.6) is 0 Å². The van der Waals surface area contributed by atoms with Gasteiger partial charge in [0.1, 0.15) is 5.75 Å². The lowest BCUT2D eigenvalue weighted by atomic mass is 10.1. The minimum Gasteiger partial charge on any atom is -0.411 e. The number of nitrogens with two attached hydrogens (primary N) is 1. The van der Waals surface area contributed by atoms with E-state index in [0.717, 1.165) is 22.9 Å². The van der Waals surface area contributed by atoms with Gasteiger partial charge in [-0.2, -0.15) is 0 Å². The maximum Gasteiger partial charge on any atom is 0.345 e. The van der Waals surface area contributed by atoms with Crippen LogP contribution in [0.3, 0.4) is 0 Å². The lowest BCUT2D eigenvalue weighted by molar-refractivity contribution is -0.140. The number of halogens is 1. The molecule has 0 unspecified atom stereocenters. The van der Waals surface area contributed by atoms with Gasteiger partial charge in [-0.05, 0) is 31.2 Å². The molecule has 0 atom stereocenters. The first-order valence-electron chi connectivity index (χ1n) is 7.84. The fourth-order valence-electron chi connectivity index (χ4n) is 2.00. The molecule has 27 heavy (non-hydrogen) atoms. The molecule has 0 bridgehead atoms. The second-order valence-electron chi connectivity index (χ2n) is 5.47. The summed E-state index contributed by atoms with van der Waals surface area (Å²) in [6.07, 6.45) is 0. The van der Waals surface area contributed by atoms with Crippen LogP contribution in [0.4, 0.5) is 0 Å². The van der Waals surface area contributed by atoms with E-state index in [1.807, 2.05) is 19.1 Å². The Morgan fingerprint density at radius 3 is 2.59 bits per heavy atom. The smallest absolute Gasteiger partial charge is 0.345 e. The van der Waals surface area contributed by atoms with Gasteiger partial charge in [-0.3, -0.25) is 0 Å². The fraction of sp³-hybridized carbons (Fsp3) is 0.111. The molecule has 2 N–H and O–H groups in total. The second kappa shape index (κ2) is 8.70. The highest BCUT2D eigenvalue weighted by Gasteiger charge is 2.12. The molecule has 138 valence electrons. The van der Waals surface area contributed by atoms with Crippen LogP contribution in [0.15, 0.2) is 63.3 Å². The molecule has 1 heterocycles. The summed E-state index contributed by atoms with van der Waals surface area (Å²) in [5.41, 5.74) is 8.29. The van der Waals surface area contributed by atoms with Crippen molar-refractivity contribution < 1.29 is 14.0 Å². The van der Waals surface area contributed by atoms with Crippen molar-refractivity contribution in [2.24, 2.45) is 10.9 Å². The van der Waals surface area contributed by atoms with Gasteiger partial charge in [-0.25, -0.2) is 4.79 Å². The highest BCUT2D eigenvalue weighted by Crippen LogP contribution is 2.24. The molecule has 0 fully saturated rings. The van der Waals surface area contributed by atoms with Crippen LogP contribution in [0.1, 0.15) is 11.1 Å². The number of benzene rings is 2. The molecular formula is C18H15ClN4O3S. The number of nitrogens with zero attached hydrogens (tertiary/aromatic N) is 3. The van der Waals surface area contributed by atoms with Gasteiger partial charge in [-0.1, -0.05) is 58.3 Å². The summed E-state index contributed by atoms with van der Waals surface area (Å²) in [6.45, 7) is 1.96. The van der Waals surface area contributed by atoms with Crippen molar-refractivity contribution in [3.63, 3.8) is 0 Å². The third-order valence-corrected chi connectivity index (χ3v) is 4.45. The van der Waals surface area contributed by atoms with Gasteiger partial charge in [0.2, 0.25) is 5.89 Å². The Hall–Kier alpha value is -2.84. The molecule has 0 saturated heterocycles. The van der Waals surface area contributed by atoms with Crippen LogP contribution < -0.4 is 5.73 Å². The van der Waals surface area contributed by atoms with Crippen molar-refractivity contribution in [1.82, 2.24) is 10.2 Å². The average molecular weight is 403 g/mol. The Morgan fingerprint density at radius 1 is 1.19 bits per heavy atom. The summed E-state index contributed by atoms with van der Waals surface area (Å²) in [4.78, 5) is 16.6. The Bertz CT molecular complexity index is 955. The number of amidine groups is 1. The zero-order valence-electron chi connectivity index (χ0n) is 14.3. The van der Waals surface area contributed by atoms with Crippen molar-refractivity contribution in [2.45, 2.75) is 12.1 Å². The van der Waals surface area contributed by atoms with Gasteiger partial charge in [0.05, 0.1) is 0 Å². The Kier molecular flexibility index (Phi) is 6.10. The molecule has 0 amide bonds. The second-order valence-corrected chi connectivity index (χ2v) is 6.84. The Labute approximate surface area is 164 Å². The number of carbonyl (C=O) groups excluding carboxylic acids is 1. The normalized spacial score (nSPS) is 11.4. The molecule has 3 rings (SSSR count). The third-order valence-electron chi connectivity index (χ3n) is 3.40. The molecule has 9 heteroatoms. The number of carbonyl (C=O) groups is 1. The van der Waals surface area contributed by atoms with E-state index in [2.05, 4.69) is 15.4 Å². The van der Waals surface area contributed by atoms with Crippen LogP contribution in [0.2, 0.25) is 5.02 Å². The Balaban J connectivity index is 1.52. The molecule has 0 spiro atoms. The fourth-order valence-corrected chi connectivity index (χ4v) is 2.66. The van der Waals surface area contributed by atoms with Crippen LogP contribution in [0, 0.1) is 6.92 Å². The molecule has 3 aromatic rings. The van der Waals surface area contributed by atoms with Gasteiger partial charge in [0, 0.05) is 16.1 Å². The van der Waals surface area contributed by atoms with Crippen molar-refractivity contribution in [3.8, 4) is 11.5 Å². The van der Waals surface area contributed by atoms with Crippen molar-refractivity contribution in [1.29, 1.82) is 0 Å². The van der Waals surface area contributed by atoms with Crippen LogP contribution >= 0.6 is 23.4 Å². The number of hydrogen-bond donors (Lipinski definition) is 1. The Morgan fingerprint density at radius 2 is 1.89 bits per heavy atom. The zero-order chi connectivity index (χ0) is 19.2. The minimum absolute atomic E-state index is 0.0487. The minimum atomic E-state index is -0.582. The summed E-state index contributed by atoms with van der Waals surface area (Å²) in [5.74, 6) is -0.172. The van der Waals surface area contributed by atoms with Gasteiger partial charge in [0.25, 0.3) is 5.22 Å². The first-order chi connectivity index (χ1) is 13.0. The van der Waals surface area contributed by atoms with E-state index >= 15 is 0 Å². The predicted octanol–water partition coefficient (Wildman–Crippen LogP) is 3.65. The first-order valence-corrected chi connectivity index (χ1v) is 9.20. The van der Waals surface area contributed by atoms with Crippen LogP contribution in [0.25, 0.3) is 11.5 Å². The monoisotopic (exact) mass is 402 g/mol. The summed E-state index contributed by atoms with van der Waals surface area (Å²) in [7, 11) is 0. The highest BCUT2D eigenvalue weighted by atomic mass is 35.5. The van der Waals surface area contributed by atoms with Crippen molar-refractivity contribution >= 4 is 35.2 Å². The standard InChI is InChI=1S/C18H15ClN4O3S/c1-11-2-4-12(5-3-11)16(20)23-26-15(24)10-27-18-22-21-17(25-18)13-6-8-14(19)9-7-13/h2-9H,10H2,1H3,(H2,20,23). The molecule has 0 aliphatic carbocycles. The number of oxime groups is 1. The lowest BCUT2D eigenvalue weighted by Crippen LogP contribution is -2.15. The lowest BCUT2D eigenvalue weighted by Gasteiger charge is -2.01. The summed E-state index contributed by atoms with van der Waals surface area (Å²) in [6, 6.07) is 14.4. The molecule has 0 radical (unpaired) electrons. The molecule has 7 nitrogen and oxygen atoms in total. The zero-order valence-corrected chi connectivity index (χ0v) is 15.8. The van der Waals surface area contributed by atoms with E-state index in [1.54, 1.807) is 36.4 Å². The summed E-state index contributed by atoms with van der Waals surface area (Å²) >= 11 is 6.89. The van der Waals surface area contributed by atoms with E-state index in [0.29, 0.717) is 16.5 Å². The number of thioether (sulfide) groups is 1. The van der Waals surface area contributed by atoms with Crippen LogP contribution in [-0.2, 0) is 9.63 Å². The maximum atomic E-state index is 11.8. The quantitative estimate of drug-likeness (QED) is 0.220. The molecular weight excluding hydrogens is 388 g/mol. The largest absolute Gasteiger partial charge is 0.411 e. The predicted molar refractivity (Wildman–Crippen MR) is 103 cm³/mol. The van der Waals surface area contributed by atoms with E-state index in [9.17, 15) is 4.79 Å². The van der Waals surface area contributed by atoms with E-state index in [4.69, 9.17) is 26.6 Å². The number of hydrogen-bond acceptors (Lipinski definition) is 7. The van der Waals surface area contributed by atoms with Crippen LogP contribution in [-0.4, -0.2) is 27.8 Å². The topological polar surface area (TPSA) is 104 Å².